The van der Waals surface area contributed by atoms with E-state index in [2.05, 4.69) is 10.4 Å². The Hall–Kier alpha value is -3.56. The molecule has 30 heavy (non-hydrogen) atoms. The van der Waals surface area contributed by atoms with Crippen molar-refractivity contribution in [2.45, 2.75) is 20.8 Å². The fourth-order valence-corrected chi connectivity index (χ4v) is 3.25. The first-order valence-electron chi connectivity index (χ1n) is 9.24. The number of halogens is 1. The molecule has 0 unspecified atom stereocenters. The Morgan fingerprint density at radius 2 is 1.93 bits per heavy atom. The van der Waals surface area contributed by atoms with Crippen molar-refractivity contribution in [1.82, 2.24) is 9.78 Å². The number of benzene rings is 2. The molecule has 0 atom stereocenters. The second kappa shape index (κ2) is 8.85. The summed E-state index contributed by atoms with van der Waals surface area (Å²) in [5, 5.41) is 17.4. The number of carbonyl (C=O) groups is 1. The van der Waals surface area contributed by atoms with Crippen LogP contribution in [0.4, 0.5) is 5.69 Å². The highest BCUT2D eigenvalue weighted by Crippen LogP contribution is 2.31. The quantitative estimate of drug-likeness (QED) is 0.465. The maximum Gasteiger partial charge on any atom is 0.266 e. The molecule has 0 saturated carbocycles. The predicted molar refractivity (Wildman–Crippen MR) is 118 cm³/mol. The highest BCUT2D eigenvalue weighted by Gasteiger charge is 2.17. The average Bonchev–Trinajstić information content (AvgIpc) is 3.02. The van der Waals surface area contributed by atoms with E-state index in [1.54, 1.807) is 22.9 Å². The molecule has 1 amide bonds. The Morgan fingerprint density at radius 3 is 2.57 bits per heavy atom. The highest BCUT2D eigenvalue weighted by atomic mass is 35.5. The van der Waals surface area contributed by atoms with Crippen LogP contribution in [0.15, 0.2) is 48.0 Å². The first kappa shape index (κ1) is 21.2. The molecule has 0 bridgehead atoms. The average molecular weight is 421 g/mol. The number of nitriles is 1. The molecule has 3 aromatic rings. The molecule has 3 rings (SSSR count). The lowest BCUT2D eigenvalue weighted by molar-refractivity contribution is -0.112. The van der Waals surface area contributed by atoms with Gasteiger partial charge in [0.05, 0.1) is 24.2 Å². The third-order valence-corrected chi connectivity index (χ3v) is 5.14. The molecule has 0 spiro atoms. The van der Waals surface area contributed by atoms with E-state index in [0.717, 1.165) is 28.2 Å². The number of methoxy groups -OCH3 is 1. The molecule has 0 aliphatic rings. The first-order chi connectivity index (χ1) is 14.3. The zero-order chi connectivity index (χ0) is 21.8. The van der Waals surface area contributed by atoms with Crippen molar-refractivity contribution in [2.75, 3.05) is 12.4 Å². The van der Waals surface area contributed by atoms with Gasteiger partial charge in [-0.25, -0.2) is 4.68 Å². The van der Waals surface area contributed by atoms with Crippen molar-refractivity contribution in [3.8, 4) is 17.5 Å². The number of hydrogen-bond acceptors (Lipinski definition) is 4. The standard InChI is InChI=1S/C23H21ClN4O2/c1-14-10-21(22(30-4)12-20(14)24)26-23(29)17(13-25)11-19-15(2)27-28(16(19)3)18-8-6-5-7-9-18/h5-12H,1-4H3,(H,26,29)/b17-11+. The lowest BCUT2D eigenvalue weighted by Gasteiger charge is -2.12. The fraction of sp³-hybridized carbons (Fsp3) is 0.174. The van der Waals surface area contributed by atoms with Gasteiger partial charge in [0.2, 0.25) is 0 Å². The number of aromatic nitrogens is 2. The van der Waals surface area contributed by atoms with Gasteiger partial charge in [-0.05, 0) is 50.6 Å². The minimum absolute atomic E-state index is 0.0385. The molecule has 0 saturated heterocycles. The molecule has 0 fully saturated rings. The van der Waals surface area contributed by atoms with Crippen molar-refractivity contribution in [2.24, 2.45) is 0 Å². The zero-order valence-corrected chi connectivity index (χ0v) is 17.9. The van der Waals surface area contributed by atoms with Crippen molar-refractivity contribution in [3.63, 3.8) is 0 Å². The van der Waals surface area contributed by atoms with Gasteiger partial charge >= 0.3 is 0 Å². The van der Waals surface area contributed by atoms with Gasteiger partial charge in [-0.2, -0.15) is 10.4 Å². The molecule has 6 nitrogen and oxygen atoms in total. The molecule has 1 aromatic heterocycles. The van der Waals surface area contributed by atoms with Crippen LogP contribution in [-0.2, 0) is 4.79 Å². The SMILES string of the molecule is COc1cc(Cl)c(C)cc1NC(=O)/C(C#N)=C/c1c(C)nn(-c2ccccc2)c1C. The van der Waals surface area contributed by atoms with Crippen LogP contribution in [-0.4, -0.2) is 22.8 Å². The number of nitrogens with zero attached hydrogens (tertiary/aromatic N) is 3. The predicted octanol–water partition coefficient (Wildman–Crippen LogP) is 5.01. The Morgan fingerprint density at radius 1 is 1.23 bits per heavy atom. The summed E-state index contributed by atoms with van der Waals surface area (Å²) in [6, 6.07) is 15.0. The summed E-state index contributed by atoms with van der Waals surface area (Å²) in [7, 11) is 1.49. The Labute approximate surface area is 180 Å². The normalized spacial score (nSPS) is 11.1. The maximum atomic E-state index is 12.8. The van der Waals surface area contributed by atoms with Crippen LogP contribution in [0, 0.1) is 32.1 Å². The highest BCUT2D eigenvalue weighted by molar-refractivity contribution is 6.31. The summed E-state index contributed by atoms with van der Waals surface area (Å²) in [6.45, 7) is 5.57. The van der Waals surface area contributed by atoms with E-state index < -0.39 is 5.91 Å². The van der Waals surface area contributed by atoms with Crippen molar-refractivity contribution in [3.05, 3.63) is 75.6 Å². The van der Waals surface area contributed by atoms with Crippen LogP contribution < -0.4 is 10.1 Å². The van der Waals surface area contributed by atoms with E-state index in [1.807, 2.05) is 57.2 Å². The lowest BCUT2D eigenvalue weighted by atomic mass is 10.1. The minimum Gasteiger partial charge on any atom is -0.495 e. The minimum atomic E-state index is -0.538. The largest absolute Gasteiger partial charge is 0.495 e. The molecule has 2 aromatic carbocycles. The second-order valence-corrected chi connectivity index (χ2v) is 7.16. The molecule has 7 heteroatoms. The number of carbonyl (C=O) groups excluding carboxylic acids is 1. The Balaban J connectivity index is 1.96. The van der Waals surface area contributed by atoms with E-state index in [1.165, 1.54) is 7.11 Å². The monoisotopic (exact) mass is 420 g/mol. The number of hydrogen-bond donors (Lipinski definition) is 1. The first-order valence-corrected chi connectivity index (χ1v) is 9.62. The summed E-state index contributed by atoms with van der Waals surface area (Å²) in [4.78, 5) is 12.8. The van der Waals surface area contributed by atoms with Gasteiger partial charge in [-0.1, -0.05) is 29.8 Å². The van der Waals surface area contributed by atoms with E-state index >= 15 is 0 Å². The van der Waals surface area contributed by atoms with Gasteiger partial charge in [-0.3, -0.25) is 4.79 Å². The number of ether oxygens (including phenoxy) is 1. The van der Waals surface area contributed by atoms with Gasteiger partial charge in [-0.15, -0.1) is 0 Å². The van der Waals surface area contributed by atoms with Crippen molar-refractivity contribution < 1.29 is 9.53 Å². The second-order valence-electron chi connectivity index (χ2n) is 6.76. The number of para-hydroxylation sites is 1. The van der Waals surface area contributed by atoms with Crippen LogP contribution >= 0.6 is 11.6 Å². The fourth-order valence-electron chi connectivity index (χ4n) is 3.10. The smallest absolute Gasteiger partial charge is 0.266 e. The van der Waals surface area contributed by atoms with Gasteiger partial charge < -0.3 is 10.1 Å². The van der Waals surface area contributed by atoms with Crippen LogP contribution in [0.3, 0.4) is 0 Å². The third-order valence-electron chi connectivity index (χ3n) is 4.73. The molecule has 1 N–H and O–H groups in total. The summed E-state index contributed by atoms with van der Waals surface area (Å²) in [5.41, 5.74) is 4.37. The van der Waals surface area contributed by atoms with Gasteiger partial charge in [0.1, 0.15) is 17.4 Å². The van der Waals surface area contributed by atoms with Gasteiger partial charge in [0.15, 0.2) is 0 Å². The number of amides is 1. The maximum absolute atomic E-state index is 12.8. The van der Waals surface area contributed by atoms with Gasteiger partial charge in [0, 0.05) is 22.3 Å². The van der Waals surface area contributed by atoms with E-state index in [4.69, 9.17) is 16.3 Å². The number of nitrogens with one attached hydrogen (secondary N) is 1. The van der Waals surface area contributed by atoms with E-state index in [-0.39, 0.29) is 5.57 Å². The van der Waals surface area contributed by atoms with Crippen LogP contribution in [0.5, 0.6) is 5.75 Å². The van der Waals surface area contributed by atoms with Crippen LogP contribution in [0.2, 0.25) is 5.02 Å². The Bertz CT molecular complexity index is 1170. The molecular weight excluding hydrogens is 400 g/mol. The summed E-state index contributed by atoms with van der Waals surface area (Å²) in [5.74, 6) is -0.121. The number of anilines is 1. The van der Waals surface area contributed by atoms with Crippen LogP contribution in [0.25, 0.3) is 11.8 Å². The molecule has 0 aliphatic carbocycles. The van der Waals surface area contributed by atoms with E-state index in [9.17, 15) is 10.1 Å². The molecule has 0 radical (unpaired) electrons. The third kappa shape index (κ3) is 4.22. The summed E-state index contributed by atoms with van der Waals surface area (Å²) < 4.78 is 7.08. The Kier molecular flexibility index (Phi) is 6.24. The molecule has 1 heterocycles. The van der Waals surface area contributed by atoms with E-state index in [0.29, 0.717) is 16.5 Å². The topological polar surface area (TPSA) is 79.9 Å². The van der Waals surface area contributed by atoms with Crippen LogP contribution in [0.1, 0.15) is 22.5 Å². The zero-order valence-electron chi connectivity index (χ0n) is 17.2. The molecule has 0 aliphatic heterocycles. The number of rotatable bonds is 5. The lowest BCUT2D eigenvalue weighted by Crippen LogP contribution is -2.14. The summed E-state index contributed by atoms with van der Waals surface area (Å²) >= 11 is 6.12. The molecule has 152 valence electrons. The van der Waals surface area contributed by atoms with Gasteiger partial charge in [0.25, 0.3) is 5.91 Å². The summed E-state index contributed by atoms with van der Waals surface area (Å²) in [6.07, 6.45) is 1.56. The molecular formula is C23H21ClN4O2. The number of aryl methyl sites for hydroxylation is 2. The van der Waals surface area contributed by atoms with Crippen molar-refractivity contribution >= 4 is 29.3 Å². The van der Waals surface area contributed by atoms with Crippen molar-refractivity contribution in [1.29, 1.82) is 5.26 Å².